The Morgan fingerprint density at radius 2 is 1.68 bits per heavy atom. The molecule has 3 heterocycles. The third-order valence-electron chi connectivity index (χ3n) is 7.43. The number of rotatable bonds is 11. The largest absolute Gasteiger partial charge is 0.492 e. The Labute approximate surface area is 225 Å². The molecule has 3 aliphatic heterocycles. The van der Waals surface area contributed by atoms with E-state index in [2.05, 4.69) is 15.1 Å². The summed E-state index contributed by atoms with van der Waals surface area (Å²) < 4.78 is 11.5. The summed E-state index contributed by atoms with van der Waals surface area (Å²) in [5.74, 6) is 1.03. The number of ketones is 1. The number of likely N-dealkylation sites (tertiary alicyclic amines) is 1. The van der Waals surface area contributed by atoms with Gasteiger partial charge in [-0.3, -0.25) is 14.5 Å². The molecule has 1 N–H and O–H groups in total. The summed E-state index contributed by atoms with van der Waals surface area (Å²) in [6.07, 6.45) is 4.20. The van der Waals surface area contributed by atoms with Crippen LogP contribution in [-0.4, -0.2) is 69.1 Å². The molecule has 8 nitrogen and oxygen atoms in total. The van der Waals surface area contributed by atoms with Crippen molar-refractivity contribution in [3.05, 3.63) is 65.5 Å². The fourth-order valence-corrected chi connectivity index (χ4v) is 5.46. The zero-order chi connectivity index (χ0) is 26.3. The lowest BCUT2D eigenvalue weighted by Gasteiger charge is -2.31. The van der Waals surface area contributed by atoms with Crippen LogP contribution < -0.4 is 19.9 Å². The summed E-state index contributed by atoms with van der Waals surface area (Å²) in [6, 6.07) is 15.8. The molecule has 1 fully saturated rings. The van der Waals surface area contributed by atoms with Gasteiger partial charge in [-0.1, -0.05) is 30.7 Å². The van der Waals surface area contributed by atoms with Crippen molar-refractivity contribution >= 4 is 23.1 Å². The molecule has 38 heavy (non-hydrogen) atoms. The lowest BCUT2D eigenvalue weighted by molar-refractivity contribution is -0.123. The molecule has 1 saturated heterocycles. The van der Waals surface area contributed by atoms with Crippen LogP contribution >= 0.6 is 0 Å². The maximum absolute atomic E-state index is 13.4. The zero-order valence-electron chi connectivity index (χ0n) is 22.3. The van der Waals surface area contributed by atoms with Crippen LogP contribution in [0, 0.1) is 0 Å². The van der Waals surface area contributed by atoms with E-state index in [1.165, 1.54) is 19.3 Å². The molecule has 0 unspecified atom stereocenters. The van der Waals surface area contributed by atoms with Crippen LogP contribution in [0.4, 0.5) is 11.4 Å². The molecule has 0 aliphatic carbocycles. The lowest BCUT2D eigenvalue weighted by atomic mass is 10.0. The number of anilines is 2. The van der Waals surface area contributed by atoms with E-state index in [-0.39, 0.29) is 17.3 Å². The minimum atomic E-state index is -0.342. The highest BCUT2D eigenvalue weighted by atomic mass is 16.5. The molecule has 2 aromatic carbocycles. The van der Waals surface area contributed by atoms with E-state index < -0.39 is 0 Å². The topological polar surface area (TPSA) is 74.3 Å². The van der Waals surface area contributed by atoms with Gasteiger partial charge in [-0.05, 0) is 62.7 Å². The molecule has 0 aromatic heterocycles. The minimum Gasteiger partial charge on any atom is -0.492 e. The van der Waals surface area contributed by atoms with Crippen LogP contribution in [0.5, 0.6) is 5.75 Å². The summed E-state index contributed by atoms with van der Waals surface area (Å²) >= 11 is 0. The molecule has 1 amide bonds. The van der Waals surface area contributed by atoms with Gasteiger partial charge in [0, 0.05) is 39.2 Å². The molecule has 202 valence electrons. The van der Waals surface area contributed by atoms with Crippen LogP contribution in [0.25, 0.3) is 0 Å². The smallest absolute Gasteiger partial charge is 0.258 e. The van der Waals surface area contributed by atoms with E-state index in [4.69, 9.17) is 9.47 Å². The van der Waals surface area contributed by atoms with Crippen molar-refractivity contribution in [2.24, 2.45) is 0 Å². The van der Waals surface area contributed by atoms with E-state index in [0.29, 0.717) is 51.7 Å². The van der Waals surface area contributed by atoms with Crippen molar-refractivity contribution in [2.75, 3.05) is 62.3 Å². The number of para-hydroxylation sites is 2. The maximum Gasteiger partial charge on any atom is 0.258 e. The van der Waals surface area contributed by atoms with Crippen LogP contribution in [0.15, 0.2) is 59.9 Å². The van der Waals surface area contributed by atoms with Gasteiger partial charge in [-0.2, -0.15) is 0 Å². The Morgan fingerprint density at radius 3 is 2.45 bits per heavy atom. The first-order chi connectivity index (χ1) is 18.7. The molecular weight excluding hydrogens is 480 g/mol. The van der Waals surface area contributed by atoms with Gasteiger partial charge < -0.3 is 24.6 Å². The third kappa shape index (κ3) is 5.87. The quantitative estimate of drug-likeness (QED) is 0.359. The number of hydrogen-bond acceptors (Lipinski definition) is 7. The summed E-state index contributed by atoms with van der Waals surface area (Å²) in [4.78, 5) is 33.1. The van der Waals surface area contributed by atoms with E-state index >= 15 is 0 Å². The minimum absolute atomic E-state index is 0.125. The molecule has 5 rings (SSSR count). The summed E-state index contributed by atoms with van der Waals surface area (Å²) in [5, 5.41) is 2.98. The first-order valence-electron chi connectivity index (χ1n) is 13.9. The number of hydrogen-bond donors (Lipinski definition) is 1. The average Bonchev–Trinajstić information content (AvgIpc) is 3.26. The SMILES string of the molecule is CCOCCN1C2=C(C(=O)NCc3ccc(OCCN4CCCCC4)cc3)C(=O)CCN2c2ccccc21. The second-order valence-corrected chi connectivity index (χ2v) is 9.94. The molecular formula is C30H38N4O4. The van der Waals surface area contributed by atoms with Crippen molar-refractivity contribution in [3.8, 4) is 5.75 Å². The highest BCUT2D eigenvalue weighted by Crippen LogP contribution is 2.44. The van der Waals surface area contributed by atoms with E-state index in [9.17, 15) is 9.59 Å². The first-order valence-corrected chi connectivity index (χ1v) is 13.9. The third-order valence-corrected chi connectivity index (χ3v) is 7.43. The Hall–Kier alpha value is -3.36. The number of nitrogens with one attached hydrogen (secondary N) is 1. The van der Waals surface area contributed by atoms with E-state index in [1.807, 2.05) is 60.4 Å². The maximum atomic E-state index is 13.4. The lowest BCUT2D eigenvalue weighted by Crippen LogP contribution is -2.42. The monoisotopic (exact) mass is 518 g/mol. The number of ether oxygens (including phenoxy) is 2. The van der Waals surface area contributed by atoms with Gasteiger partial charge in [0.1, 0.15) is 23.8 Å². The standard InChI is InChI=1S/C30H38N4O4/c1-2-37-20-19-34-26-9-5-4-8-25(26)33-17-14-27(35)28(30(33)34)29(36)31-22-23-10-12-24(13-11-23)38-21-18-32-15-6-3-7-16-32/h4-5,8-13H,2-3,6-7,14-22H2,1H3,(H,31,36). The van der Waals surface area contributed by atoms with Crippen LogP contribution in [0.1, 0.15) is 38.2 Å². The van der Waals surface area contributed by atoms with Gasteiger partial charge in [-0.25, -0.2) is 0 Å². The number of nitrogens with zero attached hydrogens (tertiary/aromatic N) is 3. The van der Waals surface area contributed by atoms with Gasteiger partial charge in [0.2, 0.25) is 0 Å². The van der Waals surface area contributed by atoms with Gasteiger partial charge in [0.25, 0.3) is 5.91 Å². The number of Topliss-reactive ketones (excluding diaryl/α,β-unsaturated/α-hetero) is 1. The highest BCUT2D eigenvalue weighted by molar-refractivity contribution is 6.22. The Kier molecular flexibility index (Phi) is 8.61. The first kappa shape index (κ1) is 26.3. The fraction of sp³-hybridized carbons (Fsp3) is 0.467. The number of carbonyl (C=O) groups excluding carboxylic acids is 2. The molecule has 3 aliphatic rings. The summed E-state index contributed by atoms with van der Waals surface area (Å²) in [5.41, 5.74) is 3.20. The number of amides is 1. The second-order valence-electron chi connectivity index (χ2n) is 9.94. The predicted octanol–water partition coefficient (Wildman–Crippen LogP) is 3.72. The molecule has 0 radical (unpaired) electrons. The number of fused-ring (bicyclic) bond motifs is 3. The number of piperidine rings is 1. The summed E-state index contributed by atoms with van der Waals surface area (Å²) in [6.45, 7) is 8.51. The zero-order valence-corrected chi connectivity index (χ0v) is 22.3. The summed E-state index contributed by atoms with van der Waals surface area (Å²) in [7, 11) is 0. The molecule has 0 bridgehead atoms. The van der Waals surface area contributed by atoms with E-state index in [1.54, 1.807) is 0 Å². The van der Waals surface area contributed by atoms with Crippen molar-refractivity contribution in [3.63, 3.8) is 0 Å². The van der Waals surface area contributed by atoms with Crippen molar-refractivity contribution < 1.29 is 19.1 Å². The van der Waals surface area contributed by atoms with Crippen LogP contribution in [0.2, 0.25) is 0 Å². The number of carbonyl (C=O) groups is 2. The van der Waals surface area contributed by atoms with Crippen molar-refractivity contribution in [1.82, 2.24) is 10.2 Å². The Bertz CT molecular complexity index is 1160. The van der Waals surface area contributed by atoms with Gasteiger partial charge in [0.15, 0.2) is 5.78 Å². The normalized spacial score (nSPS) is 17.4. The van der Waals surface area contributed by atoms with Crippen molar-refractivity contribution in [2.45, 2.75) is 39.2 Å². The molecule has 0 spiro atoms. The number of benzene rings is 2. The predicted molar refractivity (Wildman–Crippen MR) is 148 cm³/mol. The van der Waals surface area contributed by atoms with Gasteiger partial charge >= 0.3 is 0 Å². The average molecular weight is 519 g/mol. The fourth-order valence-electron chi connectivity index (χ4n) is 5.46. The second kappa shape index (κ2) is 12.5. The van der Waals surface area contributed by atoms with E-state index in [0.717, 1.165) is 42.3 Å². The Balaban J connectivity index is 1.23. The molecule has 2 aromatic rings. The van der Waals surface area contributed by atoms with Crippen molar-refractivity contribution in [1.29, 1.82) is 0 Å². The van der Waals surface area contributed by atoms with Gasteiger partial charge in [-0.15, -0.1) is 0 Å². The molecule has 0 atom stereocenters. The Morgan fingerprint density at radius 1 is 0.921 bits per heavy atom. The van der Waals surface area contributed by atoms with Gasteiger partial charge in [0.05, 0.1) is 18.0 Å². The highest BCUT2D eigenvalue weighted by Gasteiger charge is 2.40. The van der Waals surface area contributed by atoms with Crippen LogP contribution in [0.3, 0.4) is 0 Å². The molecule has 8 heteroatoms. The molecule has 0 saturated carbocycles. The van der Waals surface area contributed by atoms with Crippen LogP contribution in [-0.2, 0) is 20.9 Å².